The average Bonchev–Trinajstić information content (AvgIpc) is 3.12. The average molecular weight is 386 g/mol. The van der Waals surface area contributed by atoms with Crippen molar-refractivity contribution in [3.8, 4) is 0 Å². The maximum atomic E-state index is 11.9. The summed E-state index contributed by atoms with van der Waals surface area (Å²) in [6.07, 6.45) is 5.66. The number of guanidine groups is 1. The lowest BCUT2D eigenvalue weighted by atomic mass is 9.86. The van der Waals surface area contributed by atoms with Gasteiger partial charge in [-0.3, -0.25) is 4.79 Å². The van der Waals surface area contributed by atoms with Gasteiger partial charge in [-0.25, -0.2) is 9.98 Å². The molecule has 0 aromatic carbocycles. The van der Waals surface area contributed by atoms with Crippen LogP contribution in [0.15, 0.2) is 29.4 Å². The summed E-state index contributed by atoms with van der Waals surface area (Å²) in [5.41, 5.74) is 3.04. The van der Waals surface area contributed by atoms with Gasteiger partial charge in [0, 0.05) is 24.5 Å². The highest BCUT2D eigenvalue weighted by molar-refractivity contribution is 5.80. The molecule has 0 bridgehead atoms. The zero-order valence-electron chi connectivity index (χ0n) is 17.1. The molecule has 0 radical (unpaired) electrons. The Hall–Kier alpha value is -2.57. The summed E-state index contributed by atoms with van der Waals surface area (Å²) in [6, 6.07) is 6.42. The van der Waals surface area contributed by atoms with Crippen molar-refractivity contribution >= 4 is 17.6 Å². The van der Waals surface area contributed by atoms with Gasteiger partial charge in [0.1, 0.15) is 5.65 Å². The predicted octanol–water partition coefficient (Wildman–Crippen LogP) is 2.82. The molecule has 1 saturated carbocycles. The van der Waals surface area contributed by atoms with Gasteiger partial charge in [0.2, 0.25) is 0 Å². The Morgan fingerprint density at radius 2 is 2.07 bits per heavy atom. The molecule has 7 nitrogen and oxygen atoms in total. The van der Waals surface area contributed by atoms with Crippen LogP contribution in [0.5, 0.6) is 0 Å². The maximum Gasteiger partial charge on any atom is 0.308 e. The highest BCUT2D eigenvalue weighted by Crippen LogP contribution is 2.25. The van der Waals surface area contributed by atoms with E-state index in [2.05, 4.69) is 39.9 Å². The predicted molar refractivity (Wildman–Crippen MR) is 110 cm³/mol. The number of hydrogen-bond donors (Lipinski definition) is 2. The number of hydrogen-bond acceptors (Lipinski definition) is 4. The van der Waals surface area contributed by atoms with Gasteiger partial charge in [-0.05, 0) is 58.6 Å². The third kappa shape index (κ3) is 5.03. The molecule has 0 amide bonds. The molecule has 0 atom stereocenters. The highest BCUT2D eigenvalue weighted by atomic mass is 16.5. The fourth-order valence-corrected chi connectivity index (χ4v) is 3.68. The second-order valence-electron chi connectivity index (χ2n) is 7.27. The number of aliphatic imine (C=N–C) groups is 1. The second-order valence-corrected chi connectivity index (χ2v) is 7.27. The Morgan fingerprint density at radius 3 is 2.75 bits per heavy atom. The smallest absolute Gasteiger partial charge is 0.308 e. The van der Waals surface area contributed by atoms with E-state index >= 15 is 0 Å². The number of carbonyl (C=O) groups is 1. The second kappa shape index (κ2) is 9.57. The fraction of sp³-hybridized carbons (Fsp3) is 0.571. The van der Waals surface area contributed by atoms with Crippen LogP contribution in [0, 0.1) is 12.8 Å². The molecule has 1 aliphatic carbocycles. The van der Waals surface area contributed by atoms with E-state index in [4.69, 9.17) is 9.73 Å². The third-order valence-corrected chi connectivity index (χ3v) is 5.18. The van der Waals surface area contributed by atoms with Crippen LogP contribution < -0.4 is 10.6 Å². The Morgan fingerprint density at radius 1 is 1.29 bits per heavy atom. The van der Waals surface area contributed by atoms with Crippen LogP contribution >= 0.6 is 0 Å². The van der Waals surface area contributed by atoms with Gasteiger partial charge in [0.05, 0.1) is 24.8 Å². The standard InChI is InChI=1S/C21H31N5O2/c1-4-22-21(25-17-11-9-16(10-12-17)20(27)28-5-2)23-13-18-14-26-15(3)7-6-8-19(26)24-18/h6-8,14,16-17H,4-5,9-13H2,1-3H3,(H2,22,23,25). The summed E-state index contributed by atoms with van der Waals surface area (Å²) in [5.74, 6) is 0.790. The van der Waals surface area contributed by atoms with Crippen LogP contribution in [0.4, 0.5) is 0 Å². The number of rotatable bonds is 6. The van der Waals surface area contributed by atoms with Crippen molar-refractivity contribution in [2.24, 2.45) is 10.9 Å². The number of imidazole rings is 1. The lowest BCUT2D eigenvalue weighted by molar-refractivity contribution is -0.149. The largest absolute Gasteiger partial charge is 0.466 e. The van der Waals surface area contributed by atoms with Gasteiger partial charge >= 0.3 is 5.97 Å². The van der Waals surface area contributed by atoms with Crippen LogP contribution in [0.1, 0.15) is 50.9 Å². The van der Waals surface area contributed by atoms with Crippen LogP contribution in [0.25, 0.3) is 5.65 Å². The zero-order chi connectivity index (χ0) is 19.9. The molecule has 2 N–H and O–H groups in total. The van der Waals surface area contributed by atoms with Crippen molar-refractivity contribution in [2.45, 2.75) is 59.0 Å². The summed E-state index contributed by atoms with van der Waals surface area (Å²) in [6.45, 7) is 7.76. The Balaban J connectivity index is 1.58. The number of esters is 1. The van der Waals surface area contributed by atoms with Gasteiger partial charge in [0.25, 0.3) is 0 Å². The molecule has 1 aliphatic rings. The van der Waals surface area contributed by atoms with E-state index in [0.717, 1.165) is 55.2 Å². The molecule has 152 valence electrons. The van der Waals surface area contributed by atoms with Crippen LogP contribution in [-0.2, 0) is 16.1 Å². The number of ether oxygens (including phenoxy) is 1. The van der Waals surface area contributed by atoms with E-state index in [0.29, 0.717) is 19.2 Å². The quantitative estimate of drug-likeness (QED) is 0.454. The van der Waals surface area contributed by atoms with Gasteiger partial charge in [-0.15, -0.1) is 0 Å². The molecule has 0 aliphatic heterocycles. The molecule has 0 spiro atoms. The van der Waals surface area contributed by atoms with Crippen molar-refractivity contribution in [3.63, 3.8) is 0 Å². The van der Waals surface area contributed by atoms with Crippen LogP contribution in [-0.4, -0.2) is 40.5 Å². The fourth-order valence-electron chi connectivity index (χ4n) is 3.68. The monoisotopic (exact) mass is 385 g/mol. The van der Waals surface area contributed by atoms with E-state index in [1.165, 1.54) is 0 Å². The summed E-state index contributed by atoms with van der Waals surface area (Å²) in [7, 11) is 0. The molecule has 28 heavy (non-hydrogen) atoms. The molecule has 7 heteroatoms. The van der Waals surface area contributed by atoms with Crippen LogP contribution in [0.2, 0.25) is 0 Å². The number of fused-ring (bicyclic) bond motifs is 1. The van der Waals surface area contributed by atoms with Gasteiger partial charge < -0.3 is 19.8 Å². The molecule has 1 fully saturated rings. The SMILES string of the molecule is CCNC(=NCc1cn2c(C)cccc2n1)NC1CCC(C(=O)OCC)CC1. The third-order valence-electron chi connectivity index (χ3n) is 5.18. The number of nitrogens with one attached hydrogen (secondary N) is 2. The van der Waals surface area contributed by atoms with E-state index < -0.39 is 0 Å². The molecule has 2 aromatic rings. The summed E-state index contributed by atoms with van der Waals surface area (Å²) >= 11 is 0. The molecule has 3 rings (SSSR count). The molecule has 0 saturated heterocycles. The summed E-state index contributed by atoms with van der Waals surface area (Å²) in [4.78, 5) is 21.3. The van der Waals surface area contributed by atoms with Crippen molar-refractivity contribution < 1.29 is 9.53 Å². The normalized spacial score (nSPS) is 20.2. The number of pyridine rings is 1. The number of nitrogens with zero attached hydrogens (tertiary/aromatic N) is 3. The zero-order valence-corrected chi connectivity index (χ0v) is 17.1. The molecular formula is C21H31N5O2. The first-order valence-corrected chi connectivity index (χ1v) is 10.3. The number of aromatic nitrogens is 2. The van der Waals surface area contributed by atoms with Gasteiger partial charge in [-0.1, -0.05) is 6.07 Å². The van der Waals surface area contributed by atoms with E-state index in [1.807, 2.05) is 25.3 Å². The van der Waals surface area contributed by atoms with Crippen molar-refractivity contribution in [1.29, 1.82) is 0 Å². The Labute approximate surface area is 166 Å². The lowest BCUT2D eigenvalue weighted by Gasteiger charge is -2.29. The first-order valence-electron chi connectivity index (χ1n) is 10.3. The van der Waals surface area contributed by atoms with Crippen molar-refractivity contribution in [1.82, 2.24) is 20.0 Å². The first kappa shape index (κ1) is 20.2. The molecule has 2 heterocycles. The number of carbonyl (C=O) groups excluding carboxylic acids is 1. The minimum atomic E-state index is -0.0522. The van der Waals surface area contributed by atoms with Crippen molar-refractivity contribution in [3.05, 3.63) is 35.8 Å². The van der Waals surface area contributed by atoms with Crippen molar-refractivity contribution in [2.75, 3.05) is 13.2 Å². The van der Waals surface area contributed by atoms with Gasteiger partial charge in [-0.2, -0.15) is 0 Å². The van der Waals surface area contributed by atoms with E-state index in [-0.39, 0.29) is 11.9 Å². The maximum absolute atomic E-state index is 11.9. The van der Waals surface area contributed by atoms with E-state index in [9.17, 15) is 4.79 Å². The summed E-state index contributed by atoms with van der Waals surface area (Å²) < 4.78 is 7.24. The Bertz CT molecular complexity index is 821. The highest BCUT2D eigenvalue weighted by Gasteiger charge is 2.27. The Kier molecular flexibility index (Phi) is 6.90. The lowest BCUT2D eigenvalue weighted by Crippen LogP contribution is -2.45. The van der Waals surface area contributed by atoms with Gasteiger partial charge in [0.15, 0.2) is 5.96 Å². The van der Waals surface area contributed by atoms with Crippen LogP contribution in [0.3, 0.4) is 0 Å². The molecule has 0 unspecified atom stereocenters. The molecule has 2 aromatic heterocycles. The first-order chi connectivity index (χ1) is 13.6. The topological polar surface area (TPSA) is 80.0 Å². The molecular weight excluding hydrogens is 354 g/mol. The minimum Gasteiger partial charge on any atom is -0.466 e. The summed E-state index contributed by atoms with van der Waals surface area (Å²) in [5, 5.41) is 6.83. The number of aryl methyl sites for hydroxylation is 1. The minimum absolute atomic E-state index is 0.0405. The van der Waals surface area contributed by atoms with E-state index in [1.54, 1.807) is 0 Å².